The predicted molar refractivity (Wildman–Crippen MR) is 132 cm³/mol. The molecule has 0 saturated heterocycles. The number of anilines is 2. The Morgan fingerprint density at radius 2 is 1.91 bits per heavy atom. The molecule has 2 N–H and O–H groups in total. The van der Waals surface area contributed by atoms with E-state index in [1.165, 1.54) is 0 Å². The molecule has 1 amide bonds. The van der Waals surface area contributed by atoms with E-state index in [4.69, 9.17) is 32.9 Å². The van der Waals surface area contributed by atoms with Crippen molar-refractivity contribution in [1.82, 2.24) is 14.6 Å². The van der Waals surface area contributed by atoms with Gasteiger partial charge in [0.25, 0.3) is 0 Å². The molecule has 0 unspecified atom stereocenters. The lowest BCUT2D eigenvalue weighted by molar-refractivity contribution is -0.120. The summed E-state index contributed by atoms with van der Waals surface area (Å²) in [6.07, 6.45) is 2.58. The van der Waals surface area contributed by atoms with Crippen LogP contribution in [0.15, 0.2) is 60.8 Å². The van der Waals surface area contributed by atoms with Crippen LogP contribution in [0.5, 0.6) is 0 Å². The molecule has 0 radical (unpaired) electrons. The van der Waals surface area contributed by atoms with E-state index in [2.05, 4.69) is 15.7 Å². The summed E-state index contributed by atoms with van der Waals surface area (Å²) in [5.41, 5.74) is 4.01. The quantitative estimate of drug-likeness (QED) is 0.299. The zero-order valence-electron chi connectivity index (χ0n) is 18.0. The summed E-state index contributed by atoms with van der Waals surface area (Å²) < 4.78 is 7.01. The van der Waals surface area contributed by atoms with Gasteiger partial charge in [-0.3, -0.25) is 4.79 Å². The number of fused-ring (bicyclic) bond motifs is 1. The first kappa shape index (κ1) is 23.0. The fourth-order valence-electron chi connectivity index (χ4n) is 3.27. The van der Waals surface area contributed by atoms with Crippen LogP contribution in [0.2, 0.25) is 10.0 Å². The lowest BCUT2D eigenvalue weighted by Gasteiger charge is -2.12. The third-order valence-electron chi connectivity index (χ3n) is 4.88. The van der Waals surface area contributed by atoms with Crippen molar-refractivity contribution in [2.45, 2.75) is 19.9 Å². The van der Waals surface area contributed by atoms with Crippen LogP contribution >= 0.6 is 23.2 Å². The van der Waals surface area contributed by atoms with Crippen LogP contribution < -0.4 is 10.6 Å². The first-order valence-corrected chi connectivity index (χ1v) is 11.3. The van der Waals surface area contributed by atoms with Crippen LogP contribution in [0.25, 0.3) is 16.9 Å². The molecular formula is C24H23Cl2N5O2. The van der Waals surface area contributed by atoms with Gasteiger partial charge in [-0.05, 0) is 36.2 Å². The predicted octanol–water partition coefficient (Wildman–Crippen LogP) is 5.68. The van der Waals surface area contributed by atoms with Gasteiger partial charge in [0, 0.05) is 46.6 Å². The molecule has 0 spiro atoms. The van der Waals surface area contributed by atoms with Gasteiger partial charge in [-0.25, -0.2) is 4.98 Å². The van der Waals surface area contributed by atoms with E-state index in [9.17, 15) is 4.79 Å². The molecule has 0 aliphatic heterocycles. The Bertz CT molecular complexity index is 1260. The number of hydrogen-bond acceptors (Lipinski definition) is 5. The minimum atomic E-state index is -0.178. The van der Waals surface area contributed by atoms with Crippen molar-refractivity contribution < 1.29 is 9.53 Å². The molecule has 0 atom stereocenters. The van der Waals surface area contributed by atoms with Gasteiger partial charge in [0.1, 0.15) is 12.4 Å². The van der Waals surface area contributed by atoms with Crippen LogP contribution in [0.3, 0.4) is 0 Å². The molecular weight excluding hydrogens is 461 g/mol. The number of rotatable bonds is 9. The van der Waals surface area contributed by atoms with Crippen LogP contribution in [0.1, 0.15) is 18.9 Å². The van der Waals surface area contributed by atoms with Crippen molar-refractivity contribution in [3.8, 4) is 11.3 Å². The van der Waals surface area contributed by atoms with Crippen LogP contribution in [-0.4, -0.2) is 33.7 Å². The number of aromatic nitrogens is 3. The van der Waals surface area contributed by atoms with E-state index in [1.807, 2.05) is 55.5 Å². The number of carbonyl (C=O) groups is 1. The SMILES string of the molecule is CCCOCC(=O)Nc1ccc(-c2cc(NCc3ccc(Cl)cc3Cl)n3nccc3n2)cc1. The number of hydrogen-bond donors (Lipinski definition) is 2. The molecule has 4 aromatic rings. The van der Waals surface area contributed by atoms with Gasteiger partial charge in [-0.1, -0.05) is 48.3 Å². The molecule has 0 bridgehead atoms. The van der Waals surface area contributed by atoms with Gasteiger partial charge >= 0.3 is 0 Å². The highest BCUT2D eigenvalue weighted by molar-refractivity contribution is 6.35. The molecule has 9 heteroatoms. The first-order valence-electron chi connectivity index (χ1n) is 10.5. The molecule has 0 aliphatic rings. The molecule has 0 fully saturated rings. The van der Waals surface area contributed by atoms with E-state index in [1.54, 1.807) is 16.8 Å². The summed E-state index contributed by atoms with van der Waals surface area (Å²) in [7, 11) is 0. The smallest absolute Gasteiger partial charge is 0.250 e. The molecule has 7 nitrogen and oxygen atoms in total. The van der Waals surface area contributed by atoms with Crippen molar-refractivity contribution in [1.29, 1.82) is 0 Å². The van der Waals surface area contributed by atoms with Crippen molar-refractivity contribution in [2.24, 2.45) is 0 Å². The Kier molecular flexibility index (Phi) is 7.44. The van der Waals surface area contributed by atoms with E-state index in [0.29, 0.717) is 34.5 Å². The molecule has 0 aliphatic carbocycles. The third-order valence-corrected chi connectivity index (χ3v) is 5.47. The zero-order valence-corrected chi connectivity index (χ0v) is 19.5. The van der Waals surface area contributed by atoms with E-state index < -0.39 is 0 Å². The molecule has 170 valence electrons. The first-order chi connectivity index (χ1) is 16.0. The molecule has 2 heterocycles. The van der Waals surface area contributed by atoms with E-state index in [0.717, 1.165) is 29.1 Å². The molecule has 0 saturated carbocycles. The second kappa shape index (κ2) is 10.7. The summed E-state index contributed by atoms with van der Waals surface area (Å²) in [5, 5.41) is 11.8. The second-order valence-corrected chi connectivity index (χ2v) is 8.24. The van der Waals surface area contributed by atoms with Gasteiger partial charge in [0.05, 0.1) is 11.9 Å². The van der Waals surface area contributed by atoms with Gasteiger partial charge in [-0.15, -0.1) is 0 Å². The number of carbonyl (C=O) groups excluding carboxylic acids is 1. The van der Waals surface area contributed by atoms with Gasteiger partial charge < -0.3 is 15.4 Å². The molecule has 4 rings (SSSR count). The molecule has 33 heavy (non-hydrogen) atoms. The lowest BCUT2D eigenvalue weighted by atomic mass is 10.1. The Balaban J connectivity index is 1.52. The second-order valence-electron chi connectivity index (χ2n) is 7.40. The summed E-state index contributed by atoms with van der Waals surface area (Å²) in [6.45, 7) is 3.11. The Morgan fingerprint density at radius 1 is 1.09 bits per heavy atom. The van der Waals surface area contributed by atoms with E-state index in [-0.39, 0.29) is 12.5 Å². The highest BCUT2D eigenvalue weighted by Gasteiger charge is 2.10. The Labute approximate surface area is 201 Å². The van der Waals surface area contributed by atoms with Crippen molar-refractivity contribution in [3.05, 3.63) is 76.4 Å². The maximum atomic E-state index is 12.0. The number of ether oxygens (including phenoxy) is 1. The number of amides is 1. The topological polar surface area (TPSA) is 80.5 Å². The largest absolute Gasteiger partial charge is 0.372 e. The van der Waals surface area contributed by atoms with Crippen molar-refractivity contribution in [2.75, 3.05) is 23.8 Å². The monoisotopic (exact) mass is 483 g/mol. The Hall–Kier alpha value is -3.13. The summed E-state index contributed by atoms with van der Waals surface area (Å²) in [4.78, 5) is 16.7. The molecule has 2 aromatic carbocycles. The van der Waals surface area contributed by atoms with Crippen LogP contribution in [-0.2, 0) is 16.1 Å². The fraction of sp³-hybridized carbons (Fsp3) is 0.208. The summed E-state index contributed by atoms with van der Waals surface area (Å²) in [6, 6.07) is 16.7. The average Bonchev–Trinajstić information content (AvgIpc) is 3.28. The maximum Gasteiger partial charge on any atom is 0.250 e. The van der Waals surface area contributed by atoms with Crippen LogP contribution in [0, 0.1) is 0 Å². The minimum Gasteiger partial charge on any atom is -0.372 e. The maximum absolute atomic E-state index is 12.0. The minimum absolute atomic E-state index is 0.0433. The summed E-state index contributed by atoms with van der Waals surface area (Å²) in [5.74, 6) is 0.596. The highest BCUT2D eigenvalue weighted by Crippen LogP contribution is 2.26. The lowest BCUT2D eigenvalue weighted by Crippen LogP contribution is -2.18. The number of nitrogens with one attached hydrogen (secondary N) is 2. The normalized spacial score (nSPS) is 11.0. The van der Waals surface area contributed by atoms with Gasteiger partial charge in [0.15, 0.2) is 5.65 Å². The fourth-order valence-corrected chi connectivity index (χ4v) is 3.74. The number of nitrogens with zero attached hydrogens (tertiary/aromatic N) is 3. The van der Waals surface area contributed by atoms with Crippen LogP contribution in [0.4, 0.5) is 11.5 Å². The standard InChI is InChI=1S/C24H23Cl2N5O2/c1-2-11-33-15-24(32)29-19-7-4-16(5-8-19)21-13-23(31-22(30-21)9-10-28-31)27-14-17-3-6-18(25)12-20(17)26/h3-10,12-13,27H,2,11,14-15H2,1H3,(H,29,32). The van der Waals surface area contributed by atoms with Crippen molar-refractivity contribution in [3.63, 3.8) is 0 Å². The van der Waals surface area contributed by atoms with Gasteiger partial charge in [0.2, 0.25) is 5.91 Å². The number of halogens is 2. The number of benzene rings is 2. The summed E-state index contributed by atoms with van der Waals surface area (Å²) >= 11 is 12.3. The van der Waals surface area contributed by atoms with Gasteiger partial charge in [-0.2, -0.15) is 9.61 Å². The average molecular weight is 484 g/mol. The molecule has 2 aromatic heterocycles. The van der Waals surface area contributed by atoms with Crippen molar-refractivity contribution >= 4 is 46.3 Å². The zero-order chi connectivity index (χ0) is 23.2. The third kappa shape index (κ3) is 5.82. The highest BCUT2D eigenvalue weighted by atomic mass is 35.5. The van der Waals surface area contributed by atoms with E-state index >= 15 is 0 Å². The Morgan fingerprint density at radius 3 is 2.67 bits per heavy atom.